The van der Waals surface area contributed by atoms with Gasteiger partial charge in [-0.25, -0.2) is 4.79 Å². The van der Waals surface area contributed by atoms with Gasteiger partial charge in [-0.05, 0) is 33.6 Å². The third-order valence-electron chi connectivity index (χ3n) is 7.21. The van der Waals surface area contributed by atoms with Gasteiger partial charge in [0.1, 0.15) is 17.4 Å². The van der Waals surface area contributed by atoms with Crippen LogP contribution in [0.1, 0.15) is 12.5 Å². The van der Waals surface area contributed by atoms with E-state index in [-0.39, 0.29) is 22.8 Å². The Morgan fingerprint density at radius 2 is 1.32 bits per heavy atom. The van der Waals surface area contributed by atoms with E-state index in [9.17, 15) is 24.5 Å². The van der Waals surface area contributed by atoms with E-state index in [4.69, 9.17) is 9.47 Å². The van der Waals surface area contributed by atoms with Crippen LogP contribution in [0.4, 0.5) is 5.69 Å². The number of nitro benzene ring substituents is 1. The van der Waals surface area contributed by atoms with E-state index >= 15 is 0 Å². The minimum Gasteiger partial charge on any atom is -0.456 e. The van der Waals surface area contributed by atoms with Crippen molar-refractivity contribution in [1.82, 2.24) is 4.90 Å². The standard InChI is InChI=1S/C33H29N2O7PS/c1-23(36)44-32-29(41-2)30(37)34(32)31(33(38)42-22-24-18-20-25(21-19-24)35(39)40)43(26-12-6-3-7-13-26,27-14-8-4-9-15-27)28-16-10-5-11-17-28/h3-21,29,32H,22H2,1-2H3/t29-,32+/m0/s1. The number of esters is 1. The van der Waals surface area contributed by atoms with Gasteiger partial charge in [0.2, 0.25) is 0 Å². The lowest BCUT2D eigenvalue weighted by Crippen LogP contribution is -2.68. The first-order chi connectivity index (χ1) is 21.3. The summed E-state index contributed by atoms with van der Waals surface area (Å²) >= 11 is 0.918. The van der Waals surface area contributed by atoms with Crippen LogP contribution >= 0.6 is 18.6 Å². The molecule has 224 valence electrons. The van der Waals surface area contributed by atoms with Crippen LogP contribution in [0.2, 0.25) is 0 Å². The van der Waals surface area contributed by atoms with Crippen molar-refractivity contribution in [3.05, 3.63) is 131 Å². The van der Waals surface area contributed by atoms with Gasteiger partial charge in [-0.15, -0.1) is 0 Å². The van der Waals surface area contributed by atoms with Crippen molar-refractivity contribution in [3.8, 4) is 0 Å². The highest BCUT2D eigenvalue weighted by Gasteiger charge is 2.55. The van der Waals surface area contributed by atoms with Crippen LogP contribution in [-0.4, -0.2) is 50.8 Å². The first-order valence-corrected chi connectivity index (χ1v) is 16.3. The van der Waals surface area contributed by atoms with Crippen LogP contribution in [0.5, 0.6) is 0 Å². The zero-order valence-corrected chi connectivity index (χ0v) is 25.7. The largest absolute Gasteiger partial charge is 0.456 e. The third-order valence-corrected chi connectivity index (χ3v) is 12.5. The van der Waals surface area contributed by atoms with Gasteiger partial charge in [0.05, 0.1) is 4.92 Å². The average molecular weight is 629 g/mol. The Labute approximate surface area is 258 Å². The second kappa shape index (κ2) is 13.4. The highest BCUT2D eigenvalue weighted by atomic mass is 32.2. The van der Waals surface area contributed by atoms with E-state index in [1.807, 2.05) is 91.0 Å². The molecule has 44 heavy (non-hydrogen) atoms. The number of hydrogen-bond donors (Lipinski definition) is 0. The van der Waals surface area contributed by atoms with Crippen molar-refractivity contribution in [2.45, 2.75) is 25.0 Å². The lowest BCUT2D eigenvalue weighted by molar-refractivity contribution is -0.384. The fourth-order valence-corrected chi connectivity index (χ4v) is 10.7. The maximum Gasteiger partial charge on any atom is 0.356 e. The molecule has 1 heterocycles. The number of likely N-dealkylation sites (tertiary alicyclic amines) is 1. The quantitative estimate of drug-likeness (QED) is 0.0843. The molecule has 0 spiro atoms. The molecule has 0 bridgehead atoms. The van der Waals surface area contributed by atoms with Gasteiger partial charge in [0.15, 0.2) is 11.2 Å². The highest BCUT2D eigenvalue weighted by Crippen LogP contribution is 2.50. The molecule has 1 fully saturated rings. The number of carbonyl (C=O) groups is 3. The fourth-order valence-electron chi connectivity index (χ4n) is 5.26. The van der Waals surface area contributed by atoms with Crippen molar-refractivity contribution in [2.24, 2.45) is 0 Å². The summed E-state index contributed by atoms with van der Waals surface area (Å²) in [4.78, 5) is 52.8. The summed E-state index contributed by atoms with van der Waals surface area (Å²) in [5.41, 5.74) is 0.557. The summed E-state index contributed by atoms with van der Waals surface area (Å²) in [6.07, 6.45) is -0.939. The first kappa shape index (κ1) is 30.9. The van der Waals surface area contributed by atoms with E-state index in [0.717, 1.165) is 27.7 Å². The molecule has 0 unspecified atom stereocenters. The van der Waals surface area contributed by atoms with Gasteiger partial charge in [0, 0.05) is 33.1 Å². The van der Waals surface area contributed by atoms with E-state index in [1.165, 1.54) is 43.2 Å². The van der Waals surface area contributed by atoms with E-state index in [2.05, 4.69) is 0 Å². The highest BCUT2D eigenvalue weighted by molar-refractivity contribution is 8.14. The summed E-state index contributed by atoms with van der Waals surface area (Å²) in [6, 6.07) is 34.2. The topological polar surface area (TPSA) is 116 Å². The Kier molecular flexibility index (Phi) is 9.44. The summed E-state index contributed by atoms with van der Waals surface area (Å²) in [5.74, 6) is -1.20. The van der Waals surface area contributed by atoms with Crippen LogP contribution in [-0.2, 0) is 30.5 Å². The minimum atomic E-state index is -3.16. The van der Waals surface area contributed by atoms with Gasteiger partial charge >= 0.3 is 5.97 Å². The zero-order chi connectivity index (χ0) is 31.3. The molecular weight excluding hydrogens is 599 g/mol. The Morgan fingerprint density at radius 1 is 0.841 bits per heavy atom. The van der Waals surface area contributed by atoms with Crippen LogP contribution in [0, 0.1) is 10.1 Å². The number of thioether (sulfide) groups is 1. The summed E-state index contributed by atoms with van der Waals surface area (Å²) < 4.78 is 11.4. The predicted molar refractivity (Wildman–Crippen MR) is 173 cm³/mol. The number of β-lactam (4-membered cyclic amide) rings is 1. The van der Waals surface area contributed by atoms with E-state index in [1.54, 1.807) is 0 Å². The minimum absolute atomic E-state index is 0.0876. The summed E-state index contributed by atoms with van der Waals surface area (Å²) in [6.45, 7) is -1.95. The molecule has 5 rings (SSSR count). The maximum atomic E-state index is 14.6. The maximum absolute atomic E-state index is 14.6. The van der Waals surface area contributed by atoms with Crippen LogP contribution in [0.25, 0.3) is 0 Å². The lowest BCUT2D eigenvalue weighted by Gasteiger charge is -2.48. The number of benzene rings is 4. The zero-order valence-electron chi connectivity index (χ0n) is 23.9. The molecule has 0 radical (unpaired) electrons. The normalized spacial score (nSPS) is 16.1. The molecule has 9 nitrogen and oxygen atoms in total. The van der Waals surface area contributed by atoms with Crippen LogP contribution in [0.15, 0.2) is 115 Å². The monoisotopic (exact) mass is 628 g/mol. The molecule has 11 heteroatoms. The van der Waals surface area contributed by atoms with Crippen molar-refractivity contribution in [2.75, 3.05) is 7.11 Å². The molecule has 0 aliphatic carbocycles. The number of rotatable bonds is 10. The van der Waals surface area contributed by atoms with Crippen molar-refractivity contribution in [3.63, 3.8) is 0 Å². The Hall–Kier alpha value is -4.50. The molecule has 1 aliphatic heterocycles. The number of nitrogens with zero attached hydrogens (tertiary/aromatic N) is 2. The molecule has 1 aliphatic rings. The number of ether oxygens (including phenoxy) is 2. The van der Waals surface area contributed by atoms with E-state index < -0.39 is 35.2 Å². The van der Waals surface area contributed by atoms with Gasteiger partial charge in [-0.1, -0.05) is 103 Å². The molecule has 1 amide bonds. The van der Waals surface area contributed by atoms with Gasteiger partial charge in [-0.3, -0.25) is 24.6 Å². The van der Waals surface area contributed by atoms with E-state index in [0.29, 0.717) is 5.56 Å². The Morgan fingerprint density at radius 3 is 1.73 bits per heavy atom. The molecule has 2 atom stereocenters. The van der Waals surface area contributed by atoms with Crippen LogP contribution < -0.4 is 15.9 Å². The smallest absolute Gasteiger partial charge is 0.356 e. The number of carbonyl (C=O) groups excluding carboxylic acids is 3. The average Bonchev–Trinajstić information content (AvgIpc) is 3.05. The van der Waals surface area contributed by atoms with Gasteiger partial charge in [0.25, 0.3) is 11.6 Å². The number of amides is 1. The SMILES string of the molecule is CO[C@H]1C(=O)N(C(C(=O)OCc2ccc([N+](=O)[O-])cc2)=P(c2ccccc2)(c2ccccc2)c2ccccc2)[C@@H]1SC(C)=O. The third kappa shape index (κ3) is 5.84. The number of nitro groups is 1. The fraction of sp³-hybridized carbons (Fsp3) is 0.152. The summed E-state index contributed by atoms with van der Waals surface area (Å²) in [7, 11) is 1.40. The van der Waals surface area contributed by atoms with Crippen molar-refractivity contribution < 1.29 is 28.8 Å². The van der Waals surface area contributed by atoms with Crippen molar-refractivity contribution >= 4 is 62.7 Å². The van der Waals surface area contributed by atoms with Gasteiger partial charge < -0.3 is 9.47 Å². The lowest BCUT2D eigenvalue weighted by atomic mass is 10.1. The molecule has 4 aromatic rings. The van der Waals surface area contributed by atoms with Crippen LogP contribution in [0.3, 0.4) is 0 Å². The van der Waals surface area contributed by atoms with Gasteiger partial charge in [-0.2, -0.15) is 0 Å². The molecular formula is C33H29N2O7PS. The predicted octanol–water partition coefficient (Wildman–Crippen LogP) is 4.23. The Bertz CT molecular complexity index is 1630. The number of non-ortho nitro benzene ring substituents is 1. The van der Waals surface area contributed by atoms with Crippen molar-refractivity contribution in [1.29, 1.82) is 0 Å². The number of hydrogen-bond acceptors (Lipinski definition) is 8. The Balaban J connectivity index is 1.81. The summed E-state index contributed by atoms with van der Waals surface area (Å²) in [5, 5.41) is 12.5. The first-order valence-electron chi connectivity index (χ1n) is 13.7. The molecule has 0 N–H and O–H groups in total. The molecule has 0 aromatic heterocycles. The molecule has 4 aromatic carbocycles. The second-order valence-corrected chi connectivity index (χ2v) is 14.5. The number of methoxy groups -OCH3 is 1. The second-order valence-electron chi connectivity index (χ2n) is 9.87. The molecule has 0 saturated carbocycles. The molecule has 1 saturated heterocycles.